The third-order valence-corrected chi connectivity index (χ3v) is 4.30. The molecule has 0 radical (unpaired) electrons. The van der Waals surface area contributed by atoms with Gasteiger partial charge in [0, 0.05) is 6.54 Å². The van der Waals surface area contributed by atoms with Gasteiger partial charge in [-0.15, -0.1) is 10.2 Å². The Morgan fingerprint density at radius 2 is 2.19 bits per heavy atom. The molecule has 0 amide bonds. The highest BCUT2D eigenvalue weighted by Gasteiger charge is 2.31. The van der Waals surface area contributed by atoms with Gasteiger partial charge >= 0.3 is 0 Å². The quantitative estimate of drug-likeness (QED) is 0.818. The minimum atomic E-state index is 0.410. The fourth-order valence-electron chi connectivity index (χ4n) is 2.17. The van der Waals surface area contributed by atoms with Gasteiger partial charge in [0.25, 0.3) is 0 Å². The molecule has 1 aliphatic rings. The van der Waals surface area contributed by atoms with Crippen LogP contribution < -0.4 is 0 Å². The summed E-state index contributed by atoms with van der Waals surface area (Å²) in [7, 11) is 0. The zero-order valence-electron chi connectivity index (χ0n) is 10.0. The van der Waals surface area contributed by atoms with Crippen molar-refractivity contribution in [2.45, 2.75) is 33.7 Å². The molecule has 0 spiro atoms. The van der Waals surface area contributed by atoms with E-state index in [1.165, 1.54) is 30.8 Å². The van der Waals surface area contributed by atoms with Gasteiger partial charge in [-0.3, -0.25) is 4.90 Å². The molecule has 0 N–H and O–H groups in total. The van der Waals surface area contributed by atoms with Crippen molar-refractivity contribution in [2.24, 2.45) is 11.3 Å². The van der Waals surface area contributed by atoms with E-state index in [4.69, 9.17) is 11.6 Å². The second kappa shape index (κ2) is 4.59. The molecule has 1 aliphatic heterocycles. The molecule has 16 heavy (non-hydrogen) atoms. The van der Waals surface area contributed by atoms with Gasteiger partial charge in [0.05, 0.1) is 6.54 Å². The monoisotopic (exact) mass is 259 g/mol. The Balaban J connectivity index is 1.90. The molecule has 0 bridgehead atoms. The fraction of sp³-hybridized carbons (Fsp3) is 0.818. The molecule has 1 saturated heterocycles. The van der Waals surface area contributed by atoms with Crippen LogP contribution in [0.25, 0.3) is 0 Å². The molecule has 1 atom stereocenters. The van der Waals surface area contributed by atoms with E-state index < -0.39 is 0 Å². The van der Waals surface area contributed by atoms with Crippen LogP contribution in [-0.2, 0) is 6.54 Å². The number of hydrogen-bond donors (Lipinski definition) is 0. The van der Waals surface area contributed by atoms with Crippen molar-refractivity contribution in [3.05, 3.63) is 9.47 Å². The number of aromatic nitrogens is 2. The first-order valence-electron chi connectivity index (χ1n) is 5.65. The Morgan fingerprint density at radius 1 is 1.44 bits per heavy atom. The van der Waals surface area contributed by atoms with E-state index in [9.17, 15) is 0 Å². The first-order chi connectivity index (χ1) is 7.45. The average Bonchev–Trinajstić information content (AvgIpc) is 2.74. The maximum absolute atomic E-state index is 5.77. The summed E-state index contributed by atoms with van der Waals surface area (Å²) in [6.07, 6.45) is 1.29. The highest BCUT2D eigenvalue weighted by molar-refractivity contribution is 7.15. The third-order valence-electron chi connectivity index (χ3n) is 3.30. The number of nitrogens with zero attached hydrogens (tertiary/aromatic N) is 3. The summed E-state index contributed by atoms with van der Waals surface area (Å²) in [5.74, 6) is 0.788. The van der Waals surface area contributed by atoms with Crippen LogP contribution in [0, 0.1) is 11.3 Å². The van der Waals surface area contributed by atoms with Gasteiger partial charge in [-0.25, -0.2) is 0 Å². The molecule has 2 heterocycles. The zero-order valence-corrected chi connectivity index (χ0v) is 11.6. The maximum Gasteiger partial charge on any atom is 0.207 e. The van der Waals surface area contributed by atoms with Crippen LogP contribution in [0.5, 0.6) is 0 Å². The van der Waals surface area contributed by atoms with Crippen LogP contribution in [0.1, 0.15) is 32.2 Å². The molecular formula is C11H18ClN3S. The second-order valence-electron chi connectivity index (χ2n) is 5.54. The summed E-state index contributed by atoms with van der Waals surface area (Å²) in [6, 6.07) is 0. The van der Waals surface area contributed by atoms with E-state index in [0.717, 1.165) is 17.5 Å². The molecule has 1 aromatic heterocycles. The van der Waals surface area contributed by atoms with Gasteiger partial charge in [-0.2, -0.15) is 0 Å². The first-order valence-corrected chi connectivity index (χ1v) is 6.85. The maximum atomic E-state index is 5.77. The summed E-state index contributed by atoms with van der Waals surface area (Å²) in [5.41, 5.74) is 0.410. The van der Waals surface area contributed by atoms with E-state index in [1.54, 1.807) is 0 Å². The zero-order chi connectivity index (χ0) is 11.8. The number of hydrogen-bond acceptors (Lipinski definition) is 4. The highest BCUT2D eigenvalue weighted by atomic mass is 35.5. The average molecular weight is 260 g/mol. The Hall–Kier alpha value is -0.190. The lowest BCUT2D eigenvalue weighted by Gasteiger charge is -2.26. The summed E-state index contributed by atoms with van der Waals surface area (Å²) in [5, 5.41) is 8.92. The molecule has 1 unspecified atom stereocenters. The van der Waals surface area contributed by atoms with Gasteiger partial charge in [0.15, 0.2) is 0 Å². The van der Waals surface area contributed by atoms with Crippen LogP contribution in [-0.4, -0.2) is 28.2 Å². The lowest BCUT2D eigenvalue weighted by atomic mass is 9.80. The molecule has 90 valence electrons. The van der Waals surface area contributed by atoms with Crippen molar-refractivity contribution in [2.75, 3.05) is 13.1 Å². The largest absolute Gasteiger partial charge is 0.296 e. The Labute approximate surface area is 106 Å². The molecule has 2 rings (SSSR count). The Morgan fingerprint density at radius 3 is 2.69 bits per heavy atom. The SMILES string of the molecule is CC(C)(C)C1CCN(Cc2nnc(Cl)s2)C1. The van der Waals surface area contributed by atoms with Crippen molar-refractivity contribution < 1.29 is 0 Å². The van der Waals surface area contributed by atoms with Crippen LogP contribution in [0.2, 0.25) is 4.47 Å². The summed E-state index contributed by atoms with van der Waals surface area (Å²) < 4.78 is 0.543. The number of likely N-dealkylation sites (tertiary alicyclic amines) is 1. The molecule has 0 saturated carbocycles. The predicted molar refractivity (Wildman–Crippen MR) is 67.8 cm³/mol. The molecular weight excluding hydrogens is 242 g/mol. The number of halogens is 1. The van der Waals surface area contributed by atoms with E-state index >= 15 is 0 Å². The number of rotatable bonds is 2. The molecule has 0 aliphatic carbocycles. The van der Waals surface area contributed by atoms with Crippen LogP contribution in [0.3, 0.4) is 0 Å². The van der Waals surface area contributed by atoms with E-state index in [0.29, 0.717) is 9.88 Å². The minimum Gasteiger partial charge on any atom is -0.296 e. The van der Waals surface area contributed by atoms with Crippen molar-refractivity contribution >= 4 is 22.9 Å². The Kier molecular flexibility index (Phi) is 3.52. The molecule has 3 nitrogen and oxygen atoms in total. The predicted octanol–water partition coefficient (Wildman–Crippen LogP) is 3.06. The third kappa shape index (κ3) is 2.93. The summed E-state index contributed by atoms with van der Waals surface area (Å²) in [6.45, 7) is 10.2. The normalized spacial score (nSPS) is 22.9. The van der Waals surface area contributed by atoms with Crippen LogP contribution in [0.15, 0.2) is 0 Å². The fourth-order valence-corrected chi connectivity index (χ4v) is 3.08. The first kappa shape index (κ1) is 12.3. The van der Waals surface area contributed by atoms with E-state index in [1.807, 2.05) is 0 Å². The van der Waals surface area contributed by atoms with Gasteiger partial charge < -0.3 is 0 Å². The van der Waals surface area contributed by atoms with E-state index in [2.05, 4.69) is 35.9 Å². The van der Waals surface area contributed by atoms with Gasteiger partial charge in [-0.05, 0) is 35.9 Å². The van der Waals surface area contributed by atoms with Gasteiger partial charge in [0.2, 0.25) is 4.47 Å². The lowest BCUT2D eigenvalue weighted by molar-refractivity contribution is 0.226. The summed E-state index contributed by atoms with van der Waals surface area (Å²) in [4.78, 5) is 2.45. The smallest absolute Gasteiger partial charge is 0.207 e. The standard InChI is InChI=1S/C11H18ClN3S/c1-11(2,3)8-4-5-15(6-8)7-9-13-14-10(12)16-9/h8H,4-7H2,1-3H3. The highest BCUT2D eigenvalue weighted by Crippen LogP contribution is 2.34. The molecule has 5 heteroatoms. The minimum absolute atomic E-state index is 0.410. The molecule has 1 aromatic rings. The van der Waals surface area contributed by atoms with Crippen molar-refractivity contribution in [1.29, 1.82) is 0 Å². The summed E-state index contributed by atoms with van der Waals surface area (Å²) >= 11 is 7.26. The van der Waals surface area contributed by atoms with Crippen LogP contribution >= 0.6 is 22.9 Å². The topological polar surface area (TPSA) is 29.0 Å². The van der Waals surface area contributed by atoms with Gasteiger partial charge in [0.1, 0.15) is 5.01 Å². The lowest BCUT2D eigenvalue weighted by Crippen LogP contribution is -2.25. The second-order valence-corrected chi connectivity index (χ2v) is 7.18. The van der Waals surface area contributed by atoms with Gasteiger partial charge in [-0.1, -0.05) is 32.1 Å². The van der Waals surface area contributed by atoms with E-state index in [-0.39, 0.29) is 0 Å². The molecule has 0 aromatic carbocycles. The Bertz CT molecular complexity index is 358. The molecule has 1 fully saturated rings. The van der Waals surface area contributed by atoms with Crippen LogP contribution in [0.4, 0.5) is 0 Å². The van der Waals surface area contributed by atoms with Crippen molar-refractivity contribution in [3.63, 3.8) is 0 Å². The van der Waals surface area contributed by atoms with Crippen molar-refractivity contribution in [3.8, 4) is 0 Å². The van der Waals surface area contributed by atoms with Crippen molar-refractivity contribution in [1.82, 2.24) is 15.1 Å².